The van der Waals surface area contributed by atoms with E-state index >= 15 is 0 Å². The highest BCUT2D eigenvalue weighted by molar-refractivity contribution is 6.32. The first kappa shape index (κ1) is 21.8. The molecular formula is C19H18ClF3N4O3. The second-order valence-corrected chi connectivity index (χ2v) is 7.23. The number of aromatic nitrogens is 2. The van der Waals surface area contributed by atoms with Crippen LogP contribution in [0.3, 0.4) is 0 Å². The van der Waals surface area contributed by atoms with Gasteiger partial charge in [-0.05, 0) is 43.5 Å². The number of amides is 2. The average molecular weight is 443 g/mol. The number of hydrogen-bond acceptors (Lipinski definition) is 5. The molecule has 11 heteroatoms. The predicted molar refractivity (Wildman–Crippen MR) is 102 cm³/mol. The molecule has 2 N–H and O–H groups in total. The Kier molecular flexibility index (Phi) is 6.45. The summed E-state index contributed by atoms with van der Waals surface area (Å²) in [6, 6.07) is 5.10. The number of carbonyl (C=O) groups is 2. The normalized spacial score (nSPS) is 14.7. The van der Waals surface area contributed by atoms with Crippen molar-refractivity contribution in [2.24, 2.45) is 5.92 Å². The van der Waals surface area contributed by atoms with Crippen molar-refractivity contribution in [2.45, 2.75) is 32.0 Å². The summed E-state index contributed by atoms with van der Waals surface area (Å²) in [5, 5.41) is 5.27. The molecule has 1 aliphatic carbocycles. The third-order valence-electron chi connectivity index (χ3n) is 4.27. The lowest BCUT2D eigenvalue weighted by molar-refractivity contribution is -0.153. The lowest BCUT2D eigenvalue weighted by Gasteiger charge is -2.16. The van der Waals surface area contributed by atoms with Gasteiger partial charge in [0.2, 0.25) is 11.9 Å². The fourth-order valence-corrected chi connectivity index (χ4v) is 2.76. The molecule has 1 fully saturated rings. The summed E-state index contributed by atoms with van der Waals surface area (Å²) in [5.74, 6) is -0.785. The maximum atomic E-state index is 12.5. The Balaban J connectivity index is 1.62. The van der Waals surface area contributed by atoms with Crippen molar-refractivity contribution >= 4 is 29.4 Å². The topological polar surface area (TPSA) is 93.2 Å². The quantitative estimate of drug-likeness (QED) is 0.678. The molecule has 1 aromatic heterocycles. The molecule has 0 spiro atoms. The van der Waals surface area contributed by atoms with E-state index in [0.29, 0.717) is 5.56 Å². The molecule has 160 valence electrons. The van der Waals surface area contributed by atoms with Gasteiger partial charge in [-0.2, -0.15) is 13.2 Å². The van der Waals surface area contributed by atoms with Crippen molar-refractivity contribution in [1.29, 1.82) is 0 Å². The largest absolute Gasteiger partial charge is 0.483 e. The van der Waals surface area contributed by atoms with E-state index < -0.39 is 24.7 Å². The number of nitrogens with zero attached hydrogens (tertiary/aromatic N) is 2. The smallest absolute Gasteiger partial charge is 0.422 e. The molecule has 7 nitrogen and oxygen atoms in total. The molecule has 1 unspecified atom stereocenters. The van der Waals surface area contributed by atoms with Crippen LogP contribution in [0.1, 0.15) is 41.9 Å². The second-order valence-electron chi connectivity index (χ2n) is 6.82. The van der Waals surface area contributed by atoms with Crippen LogP contribution in [0, 0.1) is 5.92 Å². The van der Waals surface area contributed by atoms with Crippen LogP contribution >= 0.6 is 11.6 Å². The van der Waals surface area contributed by atoms with Gasteiger partial charge in [-0.1, -0.05) is 17.7 Å². The standard InChI is InChI=1S/C19H18ClF3N4O3/c1-10(12-4-5-15(13(20)8-12)30-9-19(21,22)23)25-17(29)14-6-7-24-18(26-14)27-16(28)11-2-3-11/h4-8,10-11H,2-3,9H2,1H3,(H,25,29)(H,24,26,27,28). The van der Waals surface area contributed by atoms with Crippen molar-refractivity contribution < 1.29 is 27.5 Å². The van der Waals surface area contributed by atoms with E-state index in [1.54, 1.807) is 6.92 Å². The Bertz CT molecular complexity index is 951. The van der Waals surface area contributed by atoms with E-state index in [-0.39, 0.29) is 34.2 Å². The van der Waals surface area contributed by atoms with Crippen LogP contribution in [0.2, 0.25) is 5.02 Å². The SMILES string of the molecule is CC(NC(=O)c1ccnc(NC(=O)C2CC2)n1)c1ccc(OCC(F)(F)F)c(Cl)c1. The van der Waals surface area contributed by atoms with Gasteiger partial charge in [0.15, 0.2) is 6.61 Å². The molecule has 0 saturated heterocycles. The van der Waals surface area contributed by atoms with Gasteiger partial charge in [0.05, 0.1) is 11.1 Å². The lowest BCUT2D eigenvalue weighted by Crippen LogP contribution is -2.28. The van der Waals surface area contributed by atoms with Crippen LogP contribution in [0.25, 0.3) is 0 Å². The van der Waals surface area contributed by atoms with Crippen LogP contribution in [0.4, 0.5) is 19.1 Å². The number of nitrogens with one attached hydrogen (secondary N) is 2. The van der Waals surface area contributed by atoms with Crippen molar-refractivity contribution in [3.05, 3.63) is 46.7 Å². The number of rotatable bonds is 7. The summed E-state index contributed by atoms with van der Waals surface area (Å²) >= 11 is 5.99. The Morgan fingerprint density at radius 2 is 2.03 bits per heavy atom. The monoisotopic (exact) mass is 442 g/mol. The molecule has 2 amide bonds. The summed E-state index contributed by atoms with van der Waals surface area (Å²) in [4.78, 5) is 32.3. The number of anilines is 1. The third-order valence-corrected chi connectivity index (χ3v) is 4.56. The number of halogens is 4. The molecular weight excluding hydrogens is 425 g/mol. The average Bonchev–Trinajstić information content (AvgIpc) is 3.51. The van der Waals surface area contributed by atoms with Crippen molar-refractivity contribution in [1.82, 2.24) is 15.3 Å². The van der Waals surface area contributed by atoms with Crippen LogP contribution in [-0.4, -0.2) is 34.6 Å². The van der Waals surface area contributed by atoms with Gasteiger partial charge in [-0.15, -0.1) is 0 Å². The minimum atomic E-state index is -4.47. The van der Waals surface area contributed by atoms with Crippen LogP contribution in [0.15, 0.2) is 30.5 Å². The summed E-state index contributed by atoms with van der Waals surface area (Å²) in [6.45, 7) is 0.225. The summed E-state index contributed by atoms with van der Waals surface area (Å²) in [7, 11) is 0. The van der Waals surface area contributed by atoms with Gasteiger partial charge >= 0.3 is 6.18 Å². The van der Waals surface area contributed by atoms with Gasteiger partial charge in [-0.3, -0.25) is 14.9 Å². The summed E-state index contributed by atoms with van der Waals surface area (Å²) in [6.07, 6.45) is -1.46. The fourth-order valence-electron chi connectivity index (χ4n) is 2.52. The molecule has 1 aromatic carbocycles. The Hall–Kier alpha value is -2.88. The van der Waals surface area contributed by atoms with E-state index in [0.717, 1.165) is 12.8 Å². The first-order valence-electron chi connectivity index (χ1n) is 9.06. The van der Waals surface area contributed by atoms with E-state index in [1.165, 1.54) is 30.5 Å². The second kappa shape index (κ2) is 8.86. The van der Waals surface area contributed by atoms with E-state index in [2.05, 4.69) is 25.3 Å². The molecule has 0 aliphatic heterocycles. The molecule has 3 rings (SSSR count). The number of carbonyl (C=O) groups excluding carboxylic acids is 2. The minimum Gasteiger partial charge on any atom is -0.483 e. The van der Waals surface area contributed by atoms with Gasteiger partial charge < -0.3 is 10.1 Å². The van der Waals surface area contributed by atoms with E-state index in [1.807, 2.05) is 0 Å². The van der Waals surface area contributed by atoms with Crippen LogP contribution < -0.4 is 15.4 Å². The Morgan fingerprint density at radius 1 is 1.30 bits per heavy atom. The molecule has 0 radical (unpaired) electrons. The highest BCUT2D eigenvalue weighted by Gasteiger charge is 2.30. The highest BCUT2D eigenvalue weighted by Crippen LogP contribution is 2.30. The number of ether oxygens (including phenoxy) is 1. The maximum absolute atomic E-state index is 12.5. The number of alkyl halides is 3. The zero-order chi connectivity index (χ0) is 21.9. The molecule has 1 saturated carbocycles. The van der Waals surface area contributed by atoms with Gasteiger partial charge in [-0.25, -0.2) is 9.97 Å². The van der Waals surface area contributed by atoms with Crippen molar-refractivity contribution in [3.8, 4) is 5.75 Å². The Labute approximate surface area is 175 Å². The van der Waals surface area contributed by atoms with E-state index in [9.17, 15) is 22.8 Å². The van der Waals surface area contributed by atoms with Gasteiger partial charge in [0, 0.05) is 12.1 Å². The highest BCUT2D eigenvalue weighted by atomic mass is 35.5. The first-order valence-corrected chi connectivity index (χ1v) is 9.44. The molecule has 1 heterocycles. The fraction of sp³-hybridized carbons (Fsp3) is 0.368. The molecule has 0 bridgehead atoms. The van der Waals surface area contributed by atoms with Crippen molar-refractivity contribution in [2.75, 3.05) is 11.9 Å². The molecule has 1 atom stereocenters. The molecule has 30 heavy (non-hydrogen) atoms. The van der Waals surface area contributed by atoms with E-state index in [4.69, 9.17) is 11.6 Å². The zero-order valence-corrected chi connectivity index (χ0v) is 16.5. The number of benzene rings is 1. The van der Waals surface area contributed by atoms with Gasteiger partial charge in [0.25, 0.3) is 5.91 Å². The predicted octanol–water partition coefficient (Wildman–Crippen LogP) is 3.91. The van der Waals surface area contributed by atoms with Crippen LogP contribution in [-0.2, 0) is 4.79 Å². The first-order chi connectivity index (χ1) is 14.1. The number of hydrogen-bond donors (Lipinski definition) is 2. The summed E-state index contributed by atoms with van der Waals surface area (Å²) in [5.41, 5.74) is 0.614. The van der Waals surface area contributed by atoms with Crippen LogP contribution in [0.5, 0.6) is 5.75 Å². The minimum absolute atomic E-state index is 0.00930. The lowest BCUT2D eigenvalue weighted by atomic mass is 10.1. The van der Waals surface area contributed by atoms with Crippen molar-refractivity contribution in [3.63, 3.8) is 0 Å². The van der Waals surface area contributed by atoms with Gasteiger partial charge in [0.1, 0.15) is 11.4 Å². The molecule has 1 aliphatic rings. The third kappa shape index (κ3) is 6.06. The molecule has 2 aromatic rings. The Morgan fingerprint density at radius 3 is 2.67 bits per heavy atom. The zero-order valence-electron chi connectivity index (χ0n) is 15.8. The maximum Gasteiger partial charge on any atom is 0.422 e. The summed E-state index contributed by atoms with van der Waals surface area (Å²) < 4.78 is 41.5.